The van der Waals surface area contributed by atoms with Crippen molar-refractivity contribution in [3.8, 4) is 5.75 Å². The Morgan fingerprint density at radius 2 is 1.79 bits per heavy atom. The van der Waals surface area contributed by atoms with Gasteiger partial charge in [-0.2, -0.15) is 5.01 Å². The van der Waals surface area contributed by atoms with E-state index in [1.165, 1.54) is 0 Å². The zero-order valence-electron chi connectivity index (χ0n) is 15.4. The van der Waals surface area contributed by atoms with Gasteiger partial charge in [0.2, 0.25) is 0 Å². The van der Waals surface area contributed by atoms with E-state index in [9.17, 15) is 9.59 Å². The largest absolute Gasteiger partial charge is 0.497 e. The molecule has 0 saturated carbocycles. The minimum atomic E-state index is -0.421. The zero-order valence-corrected chi connectivity index (χ0v) is 17.0. The number of nitrogens with one attached hydrogen (secondary N) is 1. The molecular weight excluding hydrogens is 404 g/mol. The molecule has 1 fully saturated rings. The minimum absolute atomic E-state index is 0.281. The third kappa shape index (κ3) is 3.87. The van der Waals surface area contributed by atoms with E-state index in [0.29, 0.717) is 16.2 Å². The van der Waals surface area contributed by atoms with E-state index in [1.807, 2.05) is 42.5 Å². The summed E-state index contributed by atoms with van der Waals surface area (Å²) in [5, 5.41) is 3.25. The third-order valence-corrected chi connectivity index (χ3v) is 5.77. The van der Waals surface area contributed by atoms with Crippen molar-refractivity contribution in [1.29, 1.82) is 0 Å². The van der Waals surface area contributed by atoms with Crippen molar-refractivity contribution < 1.29 is 14.3 Å². The number of thiocarbonyl (C=S) groups is 1. The first-order valence-corrected chi connectivity index (χ1v) is 10.00. The van der Waals surface area contributed by atoms with Gasteiger partial charge in [-0.15, -0.1) is 0 Å². The first-order valence-electron chi connectivity index (χ1n) is 8.77. The molecule has 0 aromatic heterocycles. The van der Waals surface area contributed by atoms with Crippen LogP contribution in [0.3, 0.4) is 0 Å². The lowest BCUT2D eigenvalue weighted by Gasteiger charge is -2.15. The number of hydrazine groups is 1. The van der Waals surface area contributed by atoms with Crippen molar-refractivity contribution >= 4 is 57.0 Å². The van der Waals surface area contributed by atoms with Gasteiger partial charge < -0.3 is 4.74 Å². The molecule has 1 aliphatic heterocycles. The quantitative estimate of drug-likeness (QED) is 0.501. The summed E-state index contributed by atoms with van der Waals surface area (Å²) in [5.41, 5.74) is 3.91. The lowest BCUT2D eigenvalue weighted by atomic mass is 10.0. The number of carbonyl (C=O) groups excluding carboxylic acids is 2. The van der Waals surface area contributed by atoms with Crippen LogP contribution in [0.4, 0.5) is 0 Å². The molecule has 4 rings (SSSR count). The van der Waals surface area contributed by atoms with Gasteiger partial charge in [0.1, 0.15) is 5.75 Å². The summed E-state index contributed by atoms with van der Waals surface area (Å²) >= 11 is 6.47. The Hall–Kier alpha value is -3.16. The number of nitrogens with zero attached hydrogens (tertiary/aromatic N) is 1. The van der Waals surface area contributed by atoms with Crippen molar-refractivity contribution in [2.75, 3.05) is 7.11 Å². The maximum atomic E-state index is 12.8. The van der Waals surface area contributed by atoms with Gasteiger partial charge >= 0.3 is 0 Å². The number of carbonyl (C=O) groups is 2. The fraction of sp³-hybridized carbons (Fsp3) is 0.0455. The molecule has 0 bridgehead atoms. The van der Waals surface area contributed by atoms with Crippen LogP contribution in [-0.2, 0) is 4.79 Å². The number of thioether (sulfide) groups is 1. The number of benzene rings is 3. The van der Waals surface area contributed by atoms with E-state index in [-0.39, 0.29) is 10.2 Å². The third-order valence-electron chi connectivity index (χ3n) is 4.47. The molecule has 0 aliphatic carbocycles. The summed E-state index contributed by atoms with van der Waals surface area (Å²) in [4.78, 5) is 25.8. The van der Waals surface area contributed by atoms with Crippen molar-refractivity contribution in [3.63, 3.8) is 0 Å². The molecular formula is C22H16N2O3S2. The van der Waals surface area contributed by atoms with E-state index >= 15 is 0 Å². The highest BCUT2D eigenvalue weighted by molar-refractivity contribution is 8.26. The molecule has 29 heavy (non-hydrogen) atoms. The van der Waals surface area contributed by atoms with Crippen molar-refractivity contribution in [2.45, 2.75) is 0 Å². The van der Waals surface area contributed by atoms with Crippen LogP contribution in [0.1, 0.15) is 15.9 Å². The smallest absolute Gasteiger partial charge is 0.285 e. The van der Waals surface area contributed by atoms with Crippen molar-refractivity contribution in [1.82, 2.24) is 10.4 Å². The second-order valence-electron chi connectivity index (χ2n) is 6.25. The van der Waals surface area contributed by atoms with Gasteiger partial charge in [0, 0.05) is 5.56 Å². The highest BCUT2D eigenvalue weighted by Gasteiger charge is 2.33. The molecule has 2 amide bonds. The van der Waals surface area contributed by atoms with Gasteiger partial charge in [-0.05, 0) is 58.9 Å². The van der Waals surface area contributed by atoms with Gasteiger partial charge in [0.05, 0.1) is 12.0 Å². The SMILES string of the molecule is COc1ccc(C(=O)NN2C(=O)C(=Cc3cccc4ccccc34)SC2=S)cc1. The summed E-state index contributed by atoms with van der Waals surface area (Å²) in [7, 11) is 1.55. The van der Waals surface area contributed by atoms with Crippen LogP contribution >= 0.6 is 24.0 Å². The maximum absolute atomic E-state index is 12.8. The van der Waals surface area contributed by atoms with Gasteiger partial charge in [0.25, 0.3) is 11.8 Å². The van der Waals surface area contributed by atoms with Crippen LogP contribution in [-0.4, -0.2) is 28.3 Å². The average Bonchev–Trinajstić information content (AvgIpc) is 3.01. The van der Waals surface area contributed by atoms with E-state index in [4.69, 9.17) is 17.0 Å². The molecule has 144 valence electrons. The Morgan fingerprint density at radius 1 is 1.07 bits per heavy atom. The molecule has 5 nitrogen and oxygen atoms in total. The lowest BCUT2D eigenvalue weighted by Crippen LogP contribution is -2.44. The Labute approximate surface area is 177 Å². The van der Waals surface area contributed by atoms with Crippen molar-refractivity contribution in [2.24, 2.45) is 0 Å². The summed E-state index contributed by atoms with van der Waals surface area (Å²) in [6.07, 6.45) is 1.81. The predicted molar refractivity (Wildman–Crippen MR) is 119 cm³/mol. The minimum Gasteiger partial charge on any atom is -0.497 e. The molecule has 1 saturated heterocycles. The maximum Gasteiger partial charge on any atom is 0.285 e. The Morgan fingerprint density at radius 3 is 2.55 bits per heavy atom. The van der Waals surface area contributed by atoms with Crippen LogP contribution in [0.5, 0.6) is 5.75 Å². The standard InChI is InChI=1S/C22H16N2O3S2/c1-27-17-11-9-15(10-12-17)20(25)23-24-21(26)19(29-22(24)28)13-16-7-4-6-14-5-2-3-8-18(14)16/h2-13H,1H3,(H,23,25). The van der Waals surface area contributed by atoms with Crippen LogP contribution in [0.2, 0.25) is 0 Å². The topological polar surface area (TPSA) is 58.6 Å². The fourth-order valence-electron chi connectivity index (χ4n) is 2.99. The van der Waals surface area contributed by atoms with Crippen LogP contribution in [0, 0.1) is 0 Å². The number of hydrogen-bond acceptors (Lipinski definition) is 5. The molecule has 0 unspecified atom stereocenters. The van der Waals surface area contributed by atoms with Crippen LogP contribution < -0.4 is 10.2 Å². The van der Waals surface area contributed by atoms with Gasteiger partial charge in [-0.25, -0.2) is 0 Å². The molecule has 0 spiro atoms. The molecule has 7 heteroatoms. The zero-order chi connectivity index (χ0) is 20.4. The lowest BCUT2D eigenvalue weighted by molar-refractivity contribution is -0.123. The number of methoxy groups -OCH3 is 1. The van der Waals surface area contributed by atoms with E-state index in [2.05, 4.69) is 5.43 Å². The summed E-state index contributed by atoms with van der Waals surface area (Å²) in [6, 6.07) is 20.5. The monoisotopic (exact) mass is 420 g/mol. The molecule has 3 aromatic rings. The first-order chi connectivity index (χ1) is 14.1. The molecule has 0 atom stereocenters. The second-order valence-corrected chi connectivity index (χ2v) is 7.93. The average molecular weight is 421 g/mol. The summed E-state index contributed by atoms with van der Waals surface area (Å²) in [6.45, 7) is 0. The van der Waals surface area contributed by atoms with Crippen molar-refractivity contribution in [3.05, 3.63) is 82.8 Å². The first kappa shape index (κ1) is 19.2. The summed E-state index contributed by atoms with van der Waals surface area (Å²) in [5.74, 6) is -0.129. The summed E-state index contributed by atoms with van der Waals surface area (Å²) < 4.78 is 5.37. The van der Waals surface area contributed by atoms with Gasteiger partial charge in [0.15, 0.2) is 4.32 Å². The molecule has 0 radical (unpaired) electrons. The second kappa shape index (κ2) is 8.06. The number of ether oxygens (including phenoxy) is 1. The molecule has 1 heterocycles. The fourth-order valence-corrected chi connectivity index (χ4v) is 4.16. The molecule has 1 N–H and O–H groups in total. The highest BCUT2D eigenvalue weighted by atomic mass is 32.2. The van der Waals surface area contributed by atoms with E-state index < -0.39 is 5.91 Å². The highest BCUT2D eigenvalue weighted by Crippen LogP contribution is 2.33. The number of hydrogen-bond donors (Lipinski definition) is 1. The predicted octanol–water partition coefficient (Wildman–Crippen LogP) is 4.39. The Bertz CT molecular complexity index is 1150. The van der Waals surface area contributed by atoms with Crippen LogP contribution in [0.25, 0.3) is 16.8 Å². The van der Waals surface area contributed by atoms with Gasteiger partial charge in [-0.3, -0.25) is 15.0 Å². The molecule has 3 aromatic carbocycles. The number of rotatable bonds is 4. The van der Waals surface area contributed by atoms with E-state index in [0.717, 1.165) is 33.1 Å². The van der Waals surface area contributed by atoms with Crippen LogP contribution in [0.15, 0.2) is 71.6 Å². The van der Waals surface area contributed by atoms with Gasteiger partial charge in [-0.1, -0.05) is 54.2 Å². The normalized spacial score (nSPS) is 15.2. The van der Waals surface area contributed by atoms with E-state index in [1.54, 1.807) is 37.5 Å². The Balaban J connectivity index is 1.56. The molecule has 1 aliphatic rings. The number of fused-ring (bicyclic) bond motifs is 1. The Kier molecular flexibility index (Phi) is 5.33. The number of amides is 2.